The second-order valence-corrected chi connectivity index (χ2v) is 5.85. The average Bonchev–Trinajstić information content (AvgIpc) is 2.41. The molecule has 0 spiro atoms. The second-order valence-electron chi connectivity index (χ2n) is 5.85. The van der Waals surface area contributed by atoms with Gasteiger partial charge in [-0.3, -0.25) is 4.79 Å². The largest absolute Gasteiger partial charge is 0.342 e. The van der Waals surface area contributed by atoms with Gasteiger partial charge in [-0.1, -0.05) is 25.1 Å². The third-order valence-electron chi connectivity index (χ3n) is 3.89. The maximum absolute atomic E-state index is 13.5. The SMILES string of the molecule is CC1CCCN(C(=O)C[C@H](N)Cc2ccccc2F)C1. The van der Waals surface area contributed by atoms with Gasteiger partial charge in [-0.05, 0) is 36.8 Å². The van der Waals surface area contributed by atoms with Crippen molar-refractivity contribution >= 4 is 5.91 Å². The summed E-state index contributed by atoms with van der Waals surface area (Å²) in [5.41, 5.74) is 6.59. The molecule has 2 atom stereocenters. The number of carbonyl (C=O) groups is 1. The van der Waals surface area contributed by atoms with Crippen LogP contribution in [0.4, 0.5) is 4.39 Å². The van der Waals surface area contributed by atoms with Crippen LogP contribution in [0.2, 0.25) is 0 Å². The summed E-state index contributed by atoms with van der Waals surface area (Å²) in [6, 6.07) is 6.28. The first-order valence-corrected chi connectivity index (χ1v) is 7.33. The molecule has 0 aliphatic carbocycles. The standard InChI is InChI=1S/C16H23FN2O/c1-12-5-4-8-19(11-12)16(20)10-14(18)9-13-6-2-3-7-15(13)17/h2-3,6-7,12,14H,4-5,8-11,18H2,1H3/t12?,14-/m1/s1. The van der Waals surface area contributed by atoms with E-state index in [-0.39, 0.29) is 17.8 Å². The molecule has 20 heavy (non-hydrogen) atoms. The molecule has 0 radical (unpaired) electrons. The van der Waals surface area contributed by atoms with Gasteiger partial charge in [-0.25, -0.2) is 4.39 Å². The van der Waals surface area contributed by atoms with E-state index in [0.717, 1.165) is 19.5 Å². The summed E-state index contributed by atoms with van der Waals surface area (Å²) in [6.45, 7) is 3.82. The normalized spacial score (nSPS) is 20.8. The van der Waals surface area contributed by atoms with Crippen LogP contribution in [0.25, 0.3) is 0 Å². The third-order valence-corrected chi connectivity index (χ3v) is 3.89. The molecule has 1 saturated heterocycles. The highest BCUT2D eigenvalue weighted by molar-refractivity contribution is 5.77. The number of rotatable bonds is 4. The predicted octanol–water partition coefficient (Wildman–Crippen LogP) is 2.34. The molecule has 1 aromatic carbocycles. The van der Waals surface area contributed by atoms with Gasteiger partial charge in [0, 0.05) is 25.6 Å². The highest BCUT2D eigenvalue weighted by Crippen LogP contribution is 2.17. The molecule has 1 aliphatic rings. The molecule has 0 saturated carbocycles. The van der Waals surface area contributed by atoms with Crippen molar-refractivity contribution in [2.24, 2.45) is 11.7 Å². The van der Waals surface area contributed by atoms with Crippen LogP contribution in [-0.2, 0) is 11.2 Å². The molecule has 1 heterocycles. The topological polar surface area (TPSA) is 46.3 Å². The van der Waals surface area contributed by atoms with E-state index in [9.17, 15) is 9.18 Å². The molecule has 0 bridgehead atoms. The van der Waals surface area contributed by atoms with E-state index in [1.807, 2.05) is 4.90 Å². The van der Waals surface area contributed by atoms with Gasteiger partial charge in [0.15, 0.2) is 0 Å². The molecule has 1 amide bonds. The summed E-state index contributed by atoms with van der Waals surface area (Å²) in [5, 5.41) is 0. The fourth-order valence-electron chi connectivity index (χ4n) is 2.79. The highest BCUT2D eigenvalue weighted by Gasteiger charge is 2.22. The Kier molecular flexibility index (Phi) is 5.12. The maximum Gasteiger partial charge on any atom is 0.224 e. The summed E-state index contributed by atoms with van der Waals surface area (Å²) in [7, 11) is 0. The van der Waals surface area contributed by atoms with Gasteiger partial charge in [-0.15, -0.1) is 0 Å². The van der Waals surface area contributed by atoms with E-state index in [1.165, 1.54) is 12.5 Å². The predicted molar refractivity (Wildman–Crippen MR) is 77.7 cm³/mol. The number of likely N-dealkylation sites (tertiary alicyclic amines) is 1. The molecule has 2 rings (SSSR count). The van der Waals surface area contributed by atoms with E-state index < -0.39 is 0 Å². The first kappa shape index (κ1) is 15.0. The minimum atomic E-state index is -0.323. The fraction of sp³-hybridized carbons (Fsp3) is 0.562. The van der Waals surface area contributed by atoms with Crippen molar-refractivity contribution < 1.29 is 9.18 Å². The number of piperidine rings is 1. The Morgan fingerprint density at radius 2 is 2.25 bits per heavy atom. The third kappa shape index (κ3) is 4.04. The number of carbonyl (C=O) groups excluding carboxylic acids is 1. The van der Waals surface area contributed by atoms with Crippen molar-refractivity contribution in [2.75, 3.05) is 13.1 Å². The Balaban J connectivity index is 1.86. The van der Waals surface area contributed by atoms with Gasteiger partial charge in [0.2, 0.25) is 5.91 Å². The molecule has 0 aromatic heterocycles. The van der Waals surface area contributed by atoms with E-state index in [1.54, 1.807) is 18.2 Å². The molecule has 3 nitrogen and oxygen atoms in total. The Morgan fingerprint density at radius 3 is 2.95 bits per heavy atom. The molecule has 1 aliphatic heterocycles. The monoisotopic (exact) mass is 278 g/mol. The van der Waals surface area contributed by atoms with Crippen LogP contribution in [0.1, 0.15) is 31.7 Å². The van der Waals surface area contributed by atoms with Crippen LogP contribution < -0.4 is 5.73 Å². The smallest absolute Gasteiger partial charge is 0.224 e. The maximum atomic E-state index is 13.5. The zero-order chi connectivity index (χ0) is 14.5. The second kappa shape index (κ2) is 6.84. The minimum Gasteiger partial charge on any atom is -0.342 e. The number of amides is 1. The Bertz CT molecular complexity index is 464. The molecule has 110 valence electrons. The summed E-state index contributed by atoms with van der Waals surface area (Å²) in [4.78, 5) is 14.1. The molecular weight excluding hydrogens is 255 g/mol. The lowest BCUT2D eigenvalue weighted by molar-refractivity contribution is -0.133. The number of benzene rings is 1. The van der Waals surface area contributed by atoms with Gasteiger partial charge in [0.1, 0.15) is 5.82 Å². The summed E-state index contributed by atoms with van der Waals surface area (Å²) in [5.74, 6) is 0.415. The molecule has 1 unspecified atom stereocenters. The Labute approximate surface area is 120 Å². The van der Waals surface area contributed by atoms with Crippen molar-refractivity contribution in [1.29, 1.82) is 0 Å². The molecule has 1 fully saturated rings. The van der Waals surface area contributed by atoms with E-state index >= 15 is 0 Å². The Hall–Kier alpha value is -1.42. The van der Waals surface area contributed by atoms with Gasteiger partial charge in [0.25, 0.3) is 0 Å². The quantitative estimate of drug-likeness (QED) is 0.919. The van der Waals surface area contributed by atoms with Gasteiger partial charge in [0.05, 0.1) is 0 Å². The van der Waals surface area contributed by atoms with Gasteiger partial charge >= 0.3 is 0 Å². The van der Waals surface area contributed by atoms with Crippen LogP contribution in [0.15, 0.2) is 24.3 Å². The van der Waals surface area contributed by atoms with Crippen LogP contribution in [0.3, 0.4) is 0 Å². The fourth-order valence-corrected chi connectivity index (χ4v) is 2.79. The van der Waals surface area contributed by atoms with E-state index in [4.69, 9.17) is 5.73 Å². The lowest BCUT2D eigenvalue weighted by Gasteiger charge is -2.31. The van der Waals surface area contributed by atoms with Crippen LogP contribution >= 0.6 is 0 Å². The van der Waals surface area contributed by atoms with Crippen LogP contribution in [-0.4, -0.2) is 29.9 Å². The zero-order valence-electron chi connectivity index (χ0n) is 12.0. The highest BCUT2D eigenvalue weighted by atomic mass is 19.1. The minimum absolute atomic E-state index is 0.0976. The lowest BCUT2D eigenvalue weighted by Crippen LogP contribution is -2.42. The van der Waals surface area contributed by atoms with Crippen LogP contribution in [0.5, 0.6) is 0 Å². The lowest BCUT2D eigenvalue weighted by atomic mass is 9.98. The van der Waals surface area contributed by atoms with Crippen molar-refractivity contribution in [2.45, 2.75) is 38.6 Å². The summed E-state index contributed by atoms with van der Waals surface area (Å²) < 4.78 is 13.5. The molecule has 4 heteroatoms. The van der Waals surface area contributed by atoms with Crippen molar-refractivity contribution in [3.05, 3.63) is 35.6 Å². The molecule has 1 aromatic rings. The van der Waals surface area contributed by atoms with E-state index in [2.05, 4.69) is 6.92 Å². The van der Waals surface area contributed by atoms with Crippen LogP contribution in [0, 0.1) is 11.7 Å². The van der Waals surface area contributed by atoms with Crippen molar-refractivity contribution in [3.8, 4) is 0 Å². The number of nitrogens with two attached hydrogens (primary N) is 1. The first-order valence-electron chi connectivity index (χ1n) is 7.33. The summed E-state index contributed by atoms with van der Waals surface area (Å²) in [6.07, 6.45) is 2.95. The van der Waals surface area contributed by atoms with Crippen molar-refractivity contribution in [1.82, 2.24) is 4.90 Å². The number of halogens is 1. The number of hydrogen-bond donors (Lipinski definition) is 1. The zero-order valence-corrected chi connectivity index (χ0v) is 12.0. The van der Waals surface area contributed by atoms with Gasteiger partial charge in [-0.2, -0.15) is 0 Å². The van der Waals surface area contributed by atoms with Crippen molar-refractivity contribution in [3.63, 3.8) is 0 Å². The Morgan fingerprint density at radius 1 is 1.50 bits per heavy atom. The van der Waals surface area contributed by atoms with E-state index in [0.29, 0.717) is 24.3 Å². The molecule has 2 N–H and O–H groups in total. The number of nitrogens with zero attached hydrogens (tertiary/aromatic N) is 1. The first-order chi connectivity index (χ1) is 9.56. The average molecular weight is 278 g/mol. The molecular formula is C16H23FN2O. The number of hydrogen-bond acceptors (Lipinski definition) is 2. The summed E-state index contributed by atoms with van der Waals surface area (Å²) >= 11 is 0. The van der Waals surface area contributed by atoms with Gasteiger partial charge < -0.3 is 10.6 Å².